The zero-order valence-corrected chi connectivity index (χ0v) is 16.0. The second kappa shape index (κ2) is 6.55. The molecule has 2 unspecified atom stereocenters. The van der Waals surface area contributed by atoms with Crippen molar-refractivity contribution in [3.8, 4) is 10.9 Å². The Bertz CT molecular complexity index is 1110. The SMILES string of the molecule is c1cnc2nc(Oc3ccc4cc(CN5CC6COCC6C5)oc4c3)sc2c1. The summed E-state index contributed by atoms with van der Waals surface area (Å²) in [4.78, 5) is 11.2. The van der Waals surface area contributed by atoms with Gasteiger partial charge in [-0.1, -0.05) is 11.3 Å². The van der Waals surface area contributed by atoms with Gasteiger partial charge in [0.25, 0.3) is 5.19 Å². The highest BCUT2D eigenvalue weighted by molar-refractivity contribution is 7.20. The number of thiazole rings is 1. The van der Waals surface area contributed by atoms with Crippen molar-refractivity contribution < 1.29 is 13.9 Å². The van der Waals surface area contributed by atoms with Gasteiger partial charge in [-0.05, 0) is 30.3 Å². The lowest BCUT2D eigenvalue weighted by molar-refractivity contribution is 0.150. The third-order valence-electron chi connectivity index (χ3n) is 5.59. The summed E-state index contributed by atoms with van der Waals surface area (Å²) in [6.45, 7) is 4.86. The zero-order chi connectivity index (χ0) is 18.5. The monoisotopic (exact) mass is 393 g/mol. The molecule has 0 amide bonds. The molecule has 5 heterocycles. The molecule has 0 radical (unpaired) electrons. The van der Waals surface area contributed by atoms with E-state index in [4.69, 9.17) is 13.9 Å². The van der Waals surface area contributed by atoms with E-state index < -0.39 is 0 Å². The number of hydrogen-bond donors (Lipinski definition) is 0. The van der Waals surface area contributed by atoms with Crippen LogP contribution in [0.5, 0.6) is 10.9 Å². The topological polar surface area (TPSA) is 60.6 Å². The average Bonchev–Trinajstić information content (AvgIpc) is 3.43. The van der Waals surface area contributed by atoms with E-state index in [-0.39, 0.29) is 0 Å². The van der Waals surface area contributed by atoms with E-state index in [2.05, 4.69) is 20.9 Å². The van der Waals surface area contributed by atoms with Crippen LogP contribution in [0.2, 0.25) is 0 Å². The van der Waals surface area contributed by atoms with Gasteiger partial charge in [-0.25, -0.2) is 4.98 Å². The van der Waals surface area contributed by atoms with E-state index in [1.807, 2.05) is 30.3 Å². The summed E-state index contributed by atoms with van der Waals surface area (Å²) in [5.74, 6) is 3.10. The molecule has 7 heteroatoms. The second-order valence-electron chi connectivity index (χ2n) is 7.57. The highest BCUT2D eigenvalue weighted by atomic mass is 32.1. The summed E-state index contributed by atoms with van der Waals surface area (Å²) >= 11 is 1.49. The normalized spacial score (nSPS) is 22.3. The fourth-order valence-corrected chi connectivity index (χ4v) is 5.03. The van der Waals surface area contributed by atoms with E-state index in [9.17, 15) is 0 Å². The number of ether oxygens (including phenoxy) is 2. The molecule has 2 saturated heterocycles. The van der Waals surface area contributed by atoms with Crippen molar-refractivity contribution in [3.63, 3.8) is 0 Å². The first-order chi connectivity index (χ1) is 13.8. The minimum atomic E-state index is 0.589. The molecule has 3 aromatic heterocycles. The molecule has 2 fully saturated rings. The van der Waals surface area contributed by atoms with Crippen LogP contribution in [-0.4, -0.2) is 41.2 Å². The summed E-state index contributed by atoms with van der Waals surface area (Å²) in [5, 5.41) is 1.68. The Hall–Kier alpha value is -2.48. The van der Waals surface area contributed by atoms with Gasteiger partial charge in [0.15, 0.2) is 5.65 Å². The van der Waals surface area contributed by atoms with Crippen molar-refractivity contribution in [2.45, 2.75) is 6.54 Å². The standard InChI is InChI=1S/C21H19N3O3S/c1-2-19-20(22-5-1)23-21(28-19)27-16-4-3-13-6-17(26-18(13)7-16)10-24-8-14-11-25-12-15(14)9-24/h1-7,14-15H,8-12H2. The van der Waals surface area contributed by atoms with E-state index >= 15 is 0 Å². The molecule has 142 valence electrons. The maximum Gasteiger partial charge on any atom is 0.281 e. The minimum absolute atomic E-state index is 0.589. The molecule has 1 aromatic carbocycles. The molecule has 6 nitrogen and oxygen atoms in total. The van der Waals surface area contributed by atoms with Crippen LogP contribution in [-0.2, 0) is 11.3 Å². The quantitative estimate of drug-likeness (QED) is 0.515. The Balaban J connectivity index is 1.20. The molecule has 4 aromatic rings. The van der Waals surface area contributed by atoms with Crippen LogP contribution in [0, 0.1) is 11.8 Å². The molecule has 6 rings (SSSR count). The summed E-state index contributed by atoms with van der Waals surface area (Å²) in [7, 11) is 0. The zero-order valence-electron chi connectivity index (χ0n) is 15.2. The first-order valence-electron chi connectivity index (χ1n) is 9.52. The predicted octanol–water partition coefficient (Wildman–Crippen LogP) is 4.31. The molecular weight excluding hydrogens is 374 g/mol. The van der Waals surface area contributed by atoms with Crippen LogP contribution < -0.4 is 4.74 Å². The van der Waals surface area contributed by atoms with Gasteiger partial charge in [-0.3, -0.25) is 4.90 Å². The Morgan fingerprint density at radius 3 is 2.89 bits per heavy atom. The van der Waals surface area contributed by atoms with E-state index in [0.29, 0.717) is 22.7 Å². The summed E-state index contributed by atoms with van der Waals surface area (Å²) < 4.78 is 18.6. The number of aromatic nitrogens is 2. The number of likely N-dealkylation sites (tertiary alicyclic amines) is 1. The van der Waals surface area contributed by atoms with E-state index in [0.717, 1.165) is 60.0 Å². The predicted molar refractivity (Wildman–Crippen MR) is 107 cm³/mol. The third kappa shape index (κ3) is 2.96. The van der Waals surface area contributed by atoms with Crippen molar-refractivity contribution in [2.24, 2.45) is 11.8 Å². The largest absolute Gasteiger partial charge is 0.460 e. The van der Waals surface area contributed by atoms with Gasteiger partial charge in [0.1, 0.15) is 17.1 Å². The Morgan fingerprint density at radius 1 is 1.14 bits per heavy atom. The van der Waals surface area contributed by atoms with Gasteiger partial charge < -0.3 is 13.9 Å². The average molecular weight is 393 g/mol. The summed E-state index contributed by atoms with van der Waals surface area (Å²) in [6.07, 6.45) is 1.74. The lowest BCUT2D eigenvalue weighted by Gasteiger charge is -2.14. The summed E-state index contributed by atoms with van der Waals surface area (Å²) in [5.41, 5.74) is 1.55. The van der Waals surface area contributed by atoms with Crippen molar-refractivity contribution in [1.29, 1.82) is 0 Å². The first-order valence-corrected chi connectivity index (χ1v) is 10.3. The van der Waals surface area contributed by atoms with Crippen LogP contribution in [0.1, 0.15) is 5.76 Å². The number of pyridine rings is 1. The molecular formula is C21H19N3O3S. The molecule has 2 aliphatic rings. The van der Waals surface area contributed by atoms with Crippen LogP contribution >= 0.6 is 11.3 Å². The highest BCUT2D eigenvalue weighted by Crippen LogP contribution is 2.34. The lowest BCUT2D eigenvalue weighted by atomic mass is 10.0. The Morgan fingerprint density at radius 2 is 2.04 bits per heavy atom. The molecule has 0 bridgehead atoms. The Kier molecular flexibility index (Phi) is 3.85. The molecule has 2 atom stereocenters. The van der Waals surface area contributed by atoms with E-state index in [1.165, 1.54) is 11.3 Å². The van der Waals surface area contributed by atoms with Crippen LogP contribution in [0.4, 0.5) is 0 Å². The fourth-order valence-electron chi connectivity index (χ4n) is 4.24. The van der Waals surface area contributed by atoms with E-state index in [1.54, 1.807) is 6.20 Å². The minimum Gasteiger partial charge on any atom is -0.460 e. The number of hydrogen-bond acceptors (Lipinski definition) is 7. The van der Waals surface area contributed by atoms with Crippen LogP contribution in [0.15, 0.2) is 47.0 Å². The molecule has 0 N–H and O–H groups in total. The first kappa shape index (κ1) is 16.5. The van der Waals surface area contributed by atoms with Crippen LogP contribution in [0.3, 0.4) is 0 Å². The second-order valence-corrected chi connectivity index (χ2v) is 8.56. The van der Waals surface area contributed by atoms with Crippen molar-refractivity contribution in [2.75, 3.05) is 26.3 Å². The molecule has 28 heavy (non-hydrogen) atoms. The fraction of sp³-hybridized carbons (Fsp3) is 0.333. The number of furan rings is 1. The lowest BCUT2D eigenvalue weighted by Crippen LogP contribution is -2.22. The van der Waals surface area contributed by atoms with Gasteiger partial charge >= 0.3 is 0 Å². The van der Waals surface area contributed by atoms with Gasteiger partial charge in [-0.15, -0.1) is 0 Å². The van der Waals surface area contributed by atoms with Gasteiger partial charge in [0.2, 0.25) is 0 Å². The maximum atomic E-state index is 6.11. The number of fused-ring (bicyclic) bond motifs is 3. The molecule has 2 aliphatic heterocycles. The van der Waals surface area contributed by atoms with Gasteiger partial charge in [0, 0.05) is 42.6 Å². The van der Waals surface area contributed by atoms with Crippen molar-refractivity contribution in [3.05, 3.63) is 48.4 Å². The van der Waals surface area contributed by atoms with Gasteiger partial charge in [0.05, 0.1) is 24.5 Å². The smallest absolute Gasteiger partial charge is 0.281 e. The molecule has 0 saturated carbocycles. The number of benzene rings is 1. The molecule has 0 spiro atoms. The number of nitrogens with zero attached hydrogens (tertiary/aromatic N) is 3. The number of rotatable bonds is 4. The highest BCUT2D eigenvalue weighted by Gasteiger charge is 2.37. The maximum absolute atomic E-state index is 6.11. The van der Waals surface area contributed by atoms with Crippen molar-refractivity contribution >= 4 is 32.7 Å². The summed E-state index contributed by atoms with van der Waals surface area (Å²) in [6, 6.07) is 12.0. The third-order valence-corrected chi connectivity index (χ3v) is 6.48. The van der Waals surface area contributed by atoms with Crippen LogP contribution in [0.25, 0.3) is 21.3 Å². The van der Waals surface area contributed by atoms with Crippen molar-refractivity contribution in [1.82, 2.24) is 14.9 Å². The Labute approximate surface area is 165 Å². The van der Waals surface area contributed by atoms with Gasteiger partial charge in [-0.2, -0.15) is 4.98 Å². The molecule has 0 aliphatic carbocycles.